The number of aliphatic hydroxyl groups is 2. The fourth-order valence-corrected chi connectivity index (χ4v) is 3.11. The van der Waals surface area contributed by atoms with Crippen molar-refractivity contribution in [3.63, 3.8) is 0 Å². The molecule has 0 bridgehead atoms. The number of hydrogen-bond acceptors (Lipinski definition) is 10. The number of rotatable bonds is 6. The van der Waals surface area contributed by atoms with E-state index in [0.29, 0.717) is 11.3 Å². The van der Waals surface area contributed by atoms with Gasteiger partial charge in [-0.2, -0.15) is 10.4 Å². The van der Waals surface area contributed by atoms with Crippen molar-refractivity contribution < 1.29 is 29.2 Å². The molecule has 4 atom stereocenters. The largest absolute Gasteiger partial charge is 0.509 e. The Kier molecular flexibility index (Phi) is 6.37. The lowest BCUT2D eigenvalue weighted by molar-refractivity contribution is -0.0711. The van der Waals surface area contributed by atoms with Crippen LogP contribution in [-0.4, -0.2) is 87.3 Å². The number of aliphatic hydroxyl groups excluding tert-OH is 2. The van der Waals surface area contributed by atoms with Gasteiger partial charge in [0.15, 0.2) is 11.9 Å². The molecule has 3 heterocycles. The average Bonchev–Trinajstić information content (AvgIpc) is 3.26. The Hall–Kier alpha value is -2.98. The summed E-state index contributed by atoms with van der Waals surface area (Å²) in [7, 11) is 3.59. The van der Waals surface area contributed by atoms with E-state index >= 15 is 0 Å². The van der Waals surface area contributed by atoms with E-state index in [1.165, 1.54) is 16.9 Å². The maximum atomic E-state index is 11.3. The minimum absolute atomic E-state index is 0.154. The average molecular weight is 439 g/mol. The predicted octanol–water partition coefficient (Wildman–Crippen LogP) is 0.140. The van der Waals surface area contributed by atoms with E-state index in [-0.39, 0.29) is 5.69 Å². The number of alkyl halides is 1. The summed E-state index contributed by atoms with van der Waals surface area (Å²) in [4.78, 5) is 21.4. The molecule has 0 unspecified atom stereocenters. The van der Waals surface area contributed by atoms with Crippen LogP contribution in [0.5, 0.6) is 0 Å². The molecule has 0 saturated carbocycles. The third-order valence-electron chi connectivity index (χ3n) is 4.39. The van der Waals surface area contributed by atoms with Gasteiger partial charge >= 0.3 is 6.16 Å². The first kappa shape index (κ1) is 21.7. The summed E-state index contributed by atoms with van der Waals surface area (Å²) < 4.78 is 16.3. The molecule has 13 heteroatoms. The number of hydrogen-bond donors (Lipinski definition) is 2. The van der Waals surface area contributed by atoms with Gasteiger partial charge in [-0.25, -0.2) is 19.3 Å². The molecule has 160 valence electrons. The van der Waals surface area contributed by atoms with Crippen LogP contribution >= 0.6 is 11.6 Å². The zero-order valence-electron chi connectivity index (χ0n) is 16.0. The van der Waals surface area contributed by atoms with Crippen LogP contribution in [0, 0.1) is 11.3 Å². The third-order valence-corrected chi connectivity index (χ3v) is 4.49. The molecule has 1 saturated heterocycles. The Morgan fingerprint density at radius 3 is 2.93 bits per heavy atom. The van der Waals surface area contributed by atoms with Crippen LogP contribution < -0.4 is 0 Å². The van der Waals surface area contributed by atoms with Gasteiger partial charge in [0, 0.05) is 14.1 Å². The van der Waals surface area contributed by atoms with Crippen molar-refractivity contribution in [1.29, 1.82) is 5.26 Å². The molecule has 1 aliphatic rings. The second-order valence-corrected chi connectivity index (χ2v) is 6.78. The van der Waals surface area contributed by atoms with Crippen molar-refractivity contribution >= 4 is 35.4 Å². The van der Waals surface area contributed by atoms with E-state index in [4.69, 9.17) is 21.1 Å². The van der Waals surface area contributed by atoms with Crippen molar-refractivity contribution in [1.82, 2.24) is 19.5 Å². The van der Waals surface area contributed by atoms with Crippen molar-refractivity contribution in [2.45, 2.75) is 23.9 Å². The van der Waals surface area contributed by atoms with E-state index in [0.717, 1.165) is 0 Å². The lowest BCUT2D eigenvalue weighted by Crippen LogP contribution is -2.41. The molecule has 0 spiro atoms. The Morgan fingerprint density at radius 2 is 2.27 bits per heavy atom. The number of carbonyl (C=O) groups excluding carboxylic acids is 1. The van der Waals surface area contributed by atoms with Crippen LogP contribution in [-0.2, 0) is 19.8 Å². The van der Waals surface area contributed by atoms with E-state index in [9.17, 15) is 20.3 Å². The van der Waals surface area contributed by atoms with E-state index in [2.05, 4.69) is 19.8 Å². The fraction of sp³-hybridized carbons (Fsp3) is 0.471. The van der Waals surface area contributed by atoms with Gasteiger partial charge in [0.05, 0.1) is 12.0 Å². The summed E-state index contributed by atoms with van der Waals surface area (Å²) in [5.74, 6) is 0.328. The number of fused-ring (bicyclic) bond motifs is 1. The highest BCUT2D eigenvalue weighted by molar-refractivity contribution is 6.17. The SMILES string of the molecule is CN(C)/C=N\c1ncnn2c([C@]3(C#N)O[C@H](COC(=O)OCCl)[C@@H](O)[C@H]3O)ccc12. The first-order valence-corrected chi connectivity index (χ1v) is 9.22. The highest BCUT2D eigenvalue weighted by Crippen LogP contribution is 2.40. The molecule has 2 N–H and O–H groups in total. The second-order valence-electron chi connectivity index (χ2n) is 6.56. The summed E-state index contributed by atoms with van der Waals surface area (Å²) >= 11 is 5.27. The van der Waals surface area contributed by atoms with Crippen molar-refractivity contribution in [3.05, 3.63) is 24.2 Å². The van der Waals surface area contributed by atoms with Crippen molar-refractivity contribution in [2.24, 2.45) is 4.99 Å². The van der Waals surface area contributed by atoms with Crippen molar-refractivity contribution in [2.75, 3.05) is 26.8 Å². The minimum Gasteiger partial charge on any atom is -0.431 e. The third kappa shape index (κ3) is 3.88. The molecular formula is C17H19ClN6O6. The first-order chi connectivity index (χ1) is 14.3. The summed E-state index contributed by atoms with van der Waals surface area (Å²) in [6.07, 6.45) is -2.65. The number of carbonyl (C=O) groups is 1. The van der Waals surface area contributed by atoms with Crippen LogP contribution in [0.1, 0.15) is 5.69 Å². The molecule has 2 aromatic heterocycles. The van der Waals surface area contributed by atoms with Crippen LogP contribution in [0.2, 0.25) is 0 Å². The van der Waals surface area contributed by atoms with E-state index in [1.807, 2.05) is 6.07 Å². The molecule has 0 radical (unpaired) electrons. The van der Waals surface area contributed by atoms with Crippen LogP contribution in [0.15, 0.2) is 23.5 Å². The molecule has 0 aromatic carbocycles. The van der Waals surface area contributed by atoms with Crippen LogP contribution in [0.25, 0.3) is 5.52 Å². The number of nitrogens with zero attached hydrogens (tertiary/aromatic N) is 6. The van der Waals surface area contributed by atoms with Crippen molar-refractivity contribution in [3.8, 4) is 6.07 Å². The zero-order valence-corrected chi connectivity index (χ0v) is 16.8. The topological polar surface area (TPSA) is 155 Å². The smallest absolute Gasteiger partial charge is 0.431 e. The highest BCUT2D eigenvalue weighted by atomic mass is 35.5. The summed E-state index contributed by atoms with van der Waals surface area (Å²) in [5.41, 5.74) is -1.37. The molecule has 2 aromatic rings. The fourth-order valence-electron chi connectivity index (χ4n) is 3.02. The van der Waals surface area contributed by atoms with E-state index in [1.54, 1.807) is 31.4 Å². The molecule has 1 aliphatic heterocycles. The maximum absolute atomic E-state index is 11.3. The Balaban J connectivity index is 1.95. The second kappa shape index (κ2) is 8.80. The lowest BCUT2D eigenvalue weighted by atomic mass is 9.92. The summed E-state index contributed by atoms with van der Waals surface area (Å²) in [5, 5.41) is 35.0. The van der Waals surface area contributed by atoms with Gasteiger partial charge in [-0.1, -0.05) is 11.6 Å². The van der Waals surface area contributed by atoms with Gasteiger partial charge in [-0.15, -0.1) is 0 Å². The monoisotopic (exact) mass is 438 g/mol. The zero-order chi connectivity index (χ0) is 21.9. The molecule has 12 nitrogen and oxygen atoms in total. The molecule has 0 aliphatic carbocycles. The number of aliphatic imine (C=N–C) groups is 1. The first-order valence-electron chi connectivity index (χ1n) is 8.68. The Labute approximate surface area is 175 Å². The number of halogens is 1. The normalized spacial score (nSPS) is 26.1. The highest BCUT2D eigenvalue weighted by Gasteiger charge is 2.57. The maximum Gasteiger partial charge on any atom is 0.509 e. The molecule has 3 rings (SSSR count). The number of ether oxygens (including phenoxy) is 3. The van der Waals surface area contributed by atoms with E-state index < -0.39 is 42.7 Å². The molecule has 1 fully saturated rings. The van der Waals surface area contributed by atoms with Gasteiger partial charge in [0.1, 0.15) is 42.8 Å². The minimum atomic E-state index is -1.98. The molecular weight excluding hydrogens is 420 g/mol. The van der Waals surface area contributed by atoms with Gasteiger partial charge < -0.3 is 29.3 Å². The quantitative estimate of drug-likeness (QED) is 0.275. The summed E-state index contributed by atoms with van der Waals surface area (Å²) in [6.45, 7) is -0.464. The number of nitriles is 1. The number of aromatic nitrogens is 3. The molecule has 30 heavy (non-hydrogen) atoms. The summed E-state index contributed by atoms with van der Waals surface area (Å²) in [6, 6.07) is 4.63. The Bertz CT molecular complexity index is 991. The standard InChI is InChI=1S/C17H19ClN6O6/c1-23(2)9-21-15-10-3-4-12(24(10)22-8-20-15)17(6-19)14(26)13(25)11(30-17)5-28-16(27)29-7-18/h3-4,8-9,11,13-14,25-26H,5,7H2,1-2H3/b21-9-/t11-,13-,14-,17+/m1/s1. The lowest BCUT2D eigenvalue weighted by Gasteiger charge is -2.24. The van der Waals surface area contributed by atoms with Crippen LogP contribution in [0.3, 0.4) is 0 Å². The molecule has 0 amide bonds. The predicted molar refractivity (Wildman–Crippen MR) is 102 cm³/mol. The van der Waals surface area contributed by atoms with Gasteiger partial charge in [-0.05, 0) is 12.1 Å². The van der Waals surface area contributed by atoms with Crippen LogP contribution in [0.4, 0.5) is 10.6 Å². The Morgan fingerprint density at radius 1 is 1.50 bits per heavy atom. The van der Waals surface area contributed by atoms with Gasteiger partial charge in [-0.3, -0.25) is 0 Å². The van der Waals surface area contributed by atoms with Gasteiger partial charge in [0.2, 0.25) is 5.60 Å². The van der Waals surface area contributed by atoms with Gasteiger partial charge in [0.25, 0.3) is 0 Å².